The number of carbonyl (C=O) groups is 2. The lowest BCUT2D eigenvalue weighted by Crippen LogP contribution is -2.41. The van der Waals surface area contributed by atoms with Gasteiger partial charge in [0.1, 0.15) is 6.04 Å². The van der Waals surface area contributed by atoms with Gasteiger partial charge in [0.2, 0.25) is 5.91 Å². The normalized spacial score (nSPS) is 22.2. The minimum absolute atomic E-state index is 0.135. The molecule has 9 heteroatoms. The zero-order valence-electron chi connectivity index (χ0n) is 14.5. The maximum atomic E-state index is 12.9. The van der Waals surface area contributed by atoms with Gasteiger partial charge in [0, 0.05) is 6.07 Å². The summed E-state index contributed by atoms with van der Waals surface area (Å²) in [6.07, 6.45) is 0.592. The number of hydrogen-bond acceptors (Lipinski definition) is 7. The summed E-state index contributed by atoms with van der Waals surface area (Å²) in [6, 6.07) is 5.16. The molecule has 1 saturated heterocycles. The first kappa shape index (κ1) is 18.1. The molecule has 1 amide bonds. The highest BCUT2D eigenvalue weighted by atomic mass is 32.2. The zero-order valence-corrected chi connectivity index (χ0v) is 15.3. The van der Waals surface area contributed by atoms with Crippen molar-refractivity contribution in [2.45, 2.75) is 31.6 Å². The van der Waals surface area contributed by atoms with Crippen molar-refractivity contribution in [2.24, 2.45) is 4.99 Å². The van der Waals surface area contributed by atoms with E-state index in [0.29, 0.717) is 17.3 Å². The van der Waals surface area contributed by atoms with Gasteiger partial charge in [-0.2, -0.15) is 0 Å². The largest absolute Gasteiger partial charge is 0.466 e. The van der Waals surface area contributed by atoms with E-state index in [4.69, 9.17) is 4.74 Å². The number of thioether (sulfide) groups is 1. The molecule has 1 aromatic rings. The number of hydrogen-bond donors (Lipinski definition) is 0. The second kappa shape index (κ2) is 6.91. The number of aliphatic imine (C=N–C) groups is 1. The lowest BCUT2D eigenvalue weighted by atomic mass is 9.93. The highest BCUT2D eigenvalue weighted by Crippen LogP contribution is 2.45. The van der Waals surface area contributed by atoms with Crippen LogP contribution in [0.3, 0.4) is 0 Å². The zero-order chi connectivity index (χ0) is 19.0. The van der Waals surface area contributed by atoms with Gasteiger partial charge >= 0.3 is 5.97 Å². The Morgan fingerprint density at radius 1 is 1.42 bits per heavy atom. The highest BCUT2D eigenvalue weighted by molar-refractivity contribution is 8.15. The number of para-hydroxylation sites is 1. The lowest BCUT2D eigenvalue weighted by molar-refractivity contribution is -0.385. The van der Waals surface area contributed by atoms with Crippen LogP contribution in [-0.4, -0.2) is 39.2 Å². The van der Waals surface area contributed by atoms with E-state index in [0.717, 1.165) is 0 Å². The number of carbonyl (C=O) groups excluding carboxylic acids is 2. The number of rotatable bonds is 4. The van der Waals surface area contributed by atoms with Crippen molar-refractivity contribution in [1.29, 1.82) is 0 Å². The van der Waals surface area contributed by atoms with Crippen LogP contribution in [-0.2, 0) is 14.3 Å². The predicted octanol–water partition coefficient (Wildman–Crippen LogP) is 2.81. The Hall–Kier alpha value is -2.68. The Morgan fingerprint density at radius 3 is 2.73 bits per heavy atom. The monoisotopic (exact) mass is 375 g/mol. The summed E-state index contributed by atoms with van der Waals surface area (Å²) in [5.74, 6) is -0.875. The number of amides is 1. The summed E-state index contributed by atoms with van der Waals surface area (Å²) in [5.41, 5.74) is 0.626. The molecule has 0 bridgehead atoms. The van der Waals surface area contributed by atoms with Crippen LogP contribution in [0.5, 0.6) is 0 Å². The van der Waals surface area contributed by atoms with Crippen LogP contribution in [0.4, 0.5) is 5.69 Å². The molecular formula is C17H17N3O5S. The summed E-state index contributed by atoms with van der Waals surface area (Å²) in [5, 5.41) is 11.6. The number of nitrogens with zero attached hydrogens (tertiary/aromatic N) is 3. The summed E-state index contributed by atoms with van der Waals surface area (Å²) in [7, 11) is 1.23. The van der Waals surface area contributed by atoms with E-state index in [1.54, 1.807) is 25.1 Å². The smallest absolute Gasteiger partial charge is 0.338 e. The molecule has 1 aromatic carbocycles. The second-order valence-electron chi connectivity index (χ2n) is 5.83. The molecule has 2 unspecified atom stereocenters. The van der Waals surface area contributed by atoms with Gasteiger partial charge in [-0.25, -0.2) is 9.79 Å². The second-order valence-corrected chi connectivity index (χ2v) is 7.00. The van der Waals surface area contributed by atoms with E-state index < -0.39 is 16.9 Å². The third-order valence-corrected chi connectivity index (χ3v) is 5.67. The molecule has 2 atom stereocenters. The average molecular weight is 375 g/mol. The molecule has 2 heterocycles. The third-order valence-electron chi connectivity index (χ3n) is 4.36. The van der Waals surface area contributed by atoms with Gasteiger partial charge in [0.15, 0.2) is 5.17 Å². The number of ether oxygens (including phenoxy) is 1. The molecule has 26 heavy (non-hydrogen) atoms. The number of methoxy groups -OCH3 is 1. The van der Waals surface area contributed by atoms with Crippen molar-refractivity contribution in [3.8, 4) is 0 Å². The summed E-state index contributed by atoms with van der Waals surface area (Å²) < 4.78 is 4.87. The van der Waals surface area contributed by atoms with Gasteiger partial charge in [-0.05, 0) is 19.4 Å². The third kappa shape index (κ3) is 2.78. The standard InChI is InChI=1S/C17H17N3O5S/c1-4-12-15(21)19-14(10-7-5-6-8-11(10)20(23)24)13(16(22)25-3)9(2)18-17(19)26-12/h5-8,12,14H,4H2,1-3H3. The lowest BCUT2D eigenvalue weighted by Gasteiger charge is -2.32. The topological polar surface area (TPSA) is 102 Å². The number of nitro groups is 1. The van der Waals surface area contributed by atoms with Crippen molar-refractivity contribution in [1.82, 2.24) is 4.90 Å². The van der Waals surface area contributed by atoms with Gasteiger partial charge in [0.25, 0.3) is 5.69 Å². The molecule has 3 rings (SSSR count). The van der Waals surface area contributed by atoms with Crippen LogP contribution in [0.1, 0.15) is 31.9 Å². The minimum Gasteiger partial charge on any atom is -0.466 e. The minimum atomic E-state index is -0.937. The molecule has 0 spiro atoms. The molecule has 2 aliphatic heterocycles. The van der Waals surface area contributed by atoms with Crippen LogP contribution >= 0.6 is 11.8 Å². The Kier molecular flexibility index (Phi) is 4.82. The van der Waals surface area contributed by atoms with Crippen LogP contribution in [0, 0.1) is 10.1 Å². The first-order chi connectivity index (χ1) is 12.4. The number of allylic oxidation sites excluding steroid dienone is 1. The molecule has 0 saturated carbocycles. The molecule has 0 N–H and O–H groups in total. The summed E-state index contributed by atoms with van der Waals surface area (Å²) in [6.45, 7) is 3.53. The first-order valence-electron chi connectivity index (χ1n) is 8.01. The van der Waals surface area contributed by atoms with Crippen LogP contribution in [0.25, 0.3) is 0 Å². The fourth-order valence-corrected chi connectivity index (χ4v) is 4.27. The van der Waals surface area contributed by atoms with E-state index in [1.807, 2.05) is 6.92 Å². The SMILES string of the molecule is CCC1SC2=NC(C)=C(C(=O)OC)C(c3ccccc3[N+](=O)[O-])N2C1=O. The van der Waals surface area contributed by atoms with E-state index in [-0.39, 0.29) is 28.0 Å². The quantitative estimate of drug-likeness (QED) is 0.455. The Labute approximate surface area is 154 Å². The van der Waals surface area contributed by atoms with Crippen LogP contribution < -0.4 is 0 Å². The maximum absolute atomic E-state index is 12.9. The molecule has 0 radical (unpaired) electrons. The predicted molar refractivity (Wildman–Crippen MR) is 96.5 cm³/mol. The molecule has 8 nitrogen and oxygen atoms in total. The summed E-state index contributed by atoms with van der Waals surface area (Å²) >= 11 is 1.31. The fraction of sp³-hybridized carbons (Fsp3) is 0.353. The number of fused-ring (bicyclic) bond motifs is 1. The first-order valence-corrected chi connectivity index (χ1v) is 8.89. The number of nitro benzene ring substituents is 1. The Balaban J connectivity index is 2.24. The van der Waals surface area contributed by atoms with Crippen LogP contribution in [0.2, 0.25) is 0 Å². The van der Waals surface area contributed by atoms with E-state index in [2.05, 4.69) is 4.99 Å². The van der Waals surface area contributed by atoms with Crippen molar-refractivity contribution in [3.05, 3.63) is 51.2 Å². The van der Waals surface area contributed by atoms with Gasteiger partial charge in [-0.3, -0.25) is 19.8 Å². The average Bonchev–Trinajstić information content (AvgIpc) is 2.95. The van der Waals surface area contributed by atoms with Crippen molar-refractivity contribution in [3.63, 3.8) is 0 Å². The Morgan fingerprint density at radius 2 is 2.12 bits per heavy atom. The van der Waals surface area contributed by atoms with E-state index in [9.17, 15) is 19.7 Å². The number of amidine groups is 1. The molecule has 0 aliphatic carbocycles. The van der Waals surface area contributed by atoms with E-state index in [1.165, 1.54) is 29.8 Å². The number of esters is 1. The van der Waals surface area contributed by atoms with Crippen molar-refractivity contribution in [2.75, 3.05) is 7.11 Å². The summed E-state index contributed by atoms with van der Waals surface area (Å²) in [4.78, 5) is 42.1. The van der Waals surface area contributed by atoms with Gasteiger partial charge in [-0.1, -0.05) is 30.8 Å². The highest BCUT2D eigenvalue weighted by Gasteiger charge is 2.48. The maximum Gasteiger partial charge on any atom is 0.338 e. The molecule has 136 valence electrons. The van der Waals surface area contributed by atoms with Gasteiger partial charge < -0.3 is 4.74 Å². The van der Waals surface area contributed by atoms with Crippen molar-refractivity contribution >= 4 is 34.5 Å². The fourth-order valence-electron chi connectivity index (χ4n) is 3.14. The van der Waals surface area contributed by atoms with Crippen LogP contribution in [0.15, 0.2) is 40.5 Å². The molecule has 1 fully saturated rings. The van der Waals surface area contributed by atoms with Gasteiger partial charge in [0.05, 0.1) is 34.1 Å². The van der Waals surface area contributed by atoms with E-state index >= 15 is 0 Å². The van der Waals surface area contributed by atoms with Gasteiger partial charge in [-0.15, -0.1) is 0 Å². The number of benzene rings is 1. The Bertz CT molecular complexity index is 864. The molecular weight excluding hydrogens is 358 g/mol. The molecule has 0 aromatic heterocycles. The molecule has 2 aliphatic rings. The van der Waals surface area contributed by atoms with Crippen molar-refractivity contribution < 1.29 is 19.2 Å².